The zero-order valence-corrected chi connectivity index (χ0v) is 22.7. The van der Waals surface area contributed by atoms with Gasteiger partial charge in [0, 0.05) is 28.4 Å². The first-order chi connectivity index (χ1) is 15.1. The van der Waals surface area contributed by atoms with E-state index in [1.165, 1.54) is 64.2 Å². The fourth-order valence-electron chi connectivity index (χ4n) is 5.73. The summed E-state index contributed by atoms with van der Waals surface area (Å²) in [4.78, 5) is 0. The quantitative estimate of drug-likeness (QED) is 0.314. The molecule has 0 spiro atoms. The SMILES string of the molecule is CCC(CC1CCC2OC2C1)[SiH](OC)OC.CO[SiH](CCCC1CCC2OC2C1)OC. The molecule has 0 amide bonds. The van der Waals surface area contributed by atoms with Gasteiger partial charge >= 0.3 is 18.6 Å². The van der Waals surface area contributed by atoms with E-state index < -0.39 is 18.6 Å². The summed E-state index contributed by atoms with van der Waals surface area (Å²) in [5.74, 6) is 1.74. The van der Waals surface area contributed by atoms with Crippen molar-refractivity contribution in [2.24, 2.45) is 11.8 Å². The van der Waals surface area contributed by atoms with Crippen LogP contribution in [0.5, 0.6) is 0 Å². The lowest BCUT2D eigenvalue weighted by Crippen LogP contribution is -2.28. The topological polar surface area (TPSA) is 62.0 Å². The van der Waals surface area contributed by atoms with Crippen LogP contribution >= 0.6 is 0 Å². The van der Waals surface area contributed by atoms with Gasteiger partial charge in [-0.2, -0.15) is 0 Å². The predicted molar refractivity (Wildman–Crippen MR) is 127 cm³/mol. The zero-order valence-electron chi connectivity index (χ0n) is 20.4. The van der Waals surface area contributed by atoms with E-state index in [0.717, 1.165) is 17.9 Å². The maximum Gasteiger partial charge on any atom is 0.324 e. The van der Waals surface area contributed by atoms with E-state index in [1.807, 2.05) is 0 Å². The molecule has 0 aromatic rings. The van der Waals surface area contributed by atoms with Crippen molar-refractivity contribution in [3.8, 4) is 0 Å². The molecule has 7 atom stereocenters. The minimum atomic E-state index is -1.43. The standard InChI is InChI=1S/C12H24O3Si.C11H22O3Si/c1-4-10(16(13-2)14-3)7-9-5-6-11-12(8-9)15-11;1-12-15(13-2)7-3-4-9-5-6-10-11(8-9)14-10/h9-12,16H,4-8H2,1-3H3;9-11,15H,3-8H2,1-2H3. The fourth-order valence-corrected chi connectivity index (χ4v) is 8.92. The smallest absolute Gasteiger partial charge is 0.324 e. The molecule has 6 nitrogen and oxygen atoms in total. The molecule has 7 unspecified atom stereocenters. The Morgan fingerprint density at radius 3 is 1.87 bits per heavy atom. The highest BCUT2D eigenvalue weighted by Gasteiger charge is 2.45. The number of fused-ring (bicyclic) bond motifs is 2. The summed E-state index contributed by atoms with van der Waals surface area (Å²) < 4.78 is 32.8. The van der Waals surface area contributed by atoms with Crippen molar-refractivity contribution in [3.05, 3.63) is 0 Å². The minimum absolute atomic E-state index is 0.599. The highest BCUT2D eigenvalue weighted by Crippen LogP contribution is 2.43. The molecule has 8 heteroatoms. The first kappa shape index (κ1) is 25.8. The minimum Gasteiger partial charge on any atom is -0.400 e. The summed E-state index contributed by atoms with van der Waals surface area (Å²) in [6.07, 6.45) is 15.4. The number of hydrogen-bond donors (Lipinski definition) is 0. The van der Waals surface area contributed by atoms with Crippen LogP contribution in [0.3, 0.4) is 0 Å². The van der Waals surface area contributed by atoms with Gasteiger partial charge in [0.25, 0.3) is 0 Å². The van der Waals surface area contributed by atoms with Crippen molar-refractivity contribution in [2.75, 3.05) is 28.4 Å². The third-order valence-corrected chi connectivity index (χ3v) is 12.2. The molecule has 2 aliphatic heterocycles. The Bertz CT molecular complexity index is 504. The third-order valence-electron chi connectivity index (χ3n) is 7.81. The van der Waals surface area contributed by atoms with Gasteiger partial charge in [-0.1, -0.05) is 26.2 Å². The van der Waals surface area contributed by atoms with Gasteiger partial charge in [-0.15, -0.1) is 0 Å². The van der Waals surface area contributed by atoms with Gasteiger partial charge in [0.1, 0.15) is 0 Å². The number of ether oxygens (including phenoxy) is 2. The van der Waals surface area contributed by atoms with Crippen molar-refractivity contribution in [1.82, 2.24) is 0 Å². The monoisotopic (exact) mass is 474 g/mol. The van der Waals surface area contributed by atoms with Crippen molar-refractivity contribution in [1.29, 1.82) is 0 Å². The van der Waals surface area contributed by atoms with Crippen LogP contribution in [0.4, 0.5) is 0 Å². The number of epoxide rings is 2. The lowest BCUT2D eigenvalue weighted by atomic mass is 9.86. The highest BCUT2D eigenvalue weighted by atomic mass is 28.3. The summed E-state index contributed by atoms with van der Waals surface area (Å²) in [7, 11) is 4.40. The summed E-state index contributed by atoms with van der Waals surface area (Å²) in [5, 5.41) is 0. The Morgan fingerprint density at radius 1 is 0.774 bits per heavy atom. The molecule has 4 rings (SSSR count). The number of hydrogen-bond acceptors (Lipinski definition) is 6. The average molecular weight is 475 g/mol. The molecule has 0 bridgehead atoms. The van der Waals surface area contributed by atoms with E-state index in [-0.39, 0.29) is 0 Å². The van der Waals surface area contributed by atoms with E-state index in [4.69, 9.17) is 27.2 Å². The molecule has 4 fully saturated rings. The van der Waals surface area contributed by atoms with E-state index in [0.29, 0.717) is 30.0 Å². The largest absolute Gasteiger partial charge is 0.400 e. The molecule has 2 saturated heterocycles. The third kappa shape index (κ3) is 8.17. The van der Waals surface area contributed by atoms with Crippen LogP contribution in [0.15, 0.2) is 0 Å². The molecule has 0 N–H and O–H groups in total. The number of rotatable bonds is 12. The average Bonchev–Trinajstić information content (AvgIpc) is 3.71. The normalized spacial score (nSPS) is 34.5. The maximum atomic E-state index is 5.59. The van der Waals surface area contributed by atoms with Crippen molar-refractivity contribution < 1.29 is 27.2 Å². The van der Waals surface area contributed by atoms with Gasteiger partial charge in [0.05, 0.1) is 24.4 Å². The van der Waals surface area contributed by atoms with Crippen LogP contribution in [-0.2, 0) is 27.2 Å². The fraction of sp³-hybridized carbons (Fsp3) is 1.00. The summed E-state index contributed by atoms with van der Waals surface area (Å²) in [6.45, 7) is 2.25. The van der Waals surface area contributed by atoms with Gasteiger partial charge in [0.2, 0.25) is 0 Å². The molecule has 4 aliphatic rings. The Hall–Kier alpha value is 0.194. The Labute approximate surface area is 193 Å². The van der Waals surface area contributed by atoms with E-state index >= 15 is 0 Å². The van der Waals surface area contributed by atoms with Crippen LogP contribution in [0, 0.1) is 11.8 Å². The second-order valence-corrected chi connectivity index (χ2v) is 14.9. The summed E-state index contributed by atoms with van der Waals surface area (Å²) in [6, 6.07) is 1.15. The second kappa shape index (κ2) is 13.2. The predicted octanol–water partition coefficient (Wildman–Crippen LogP) is 4.08. The maximum absolute atomic E-state index is 5.59. The van der Waals surface area contributed by atoms with Gasteiger partial charge in [0.15, 0.2) is 0 Å². The Balaban J connectivity index is 0.000000176. The van der Waals surface area contributed by atoms with Crippen LogP contribution in [-0.4, -0.2) is 71.4 Å². The van der Waals surface area contributed by atoms with Crippen LogP contribution in [0.1, 0.15) is 71.1 Å². The first-order valence-corrected chi connectivity index (χ1v) is 15.9. The summed E-state index contributed by atoms with van der Waals surface area (Å²) in [5.41, 5.74) is 0.662. The lowest BCUT2D eigenvalue weighted by Gasteiger charge is -2.27. The van der Waals surface area contributed by atoms with Gasteiger partial charge in [-0.05, 0) is 68.4 Å². The van der Waals surface area contributed by atoms with Gasteiger partial charge in [-0.3, -0.25) is 0 Å². The zero-order chi connectivity index (χ0) is 22.2. The molecule has 182 valence electrons. The molecule has 0 aromatic carbocycles. The van der Waals surface area contributed by atoms with Crippen LogP contribution < -0.4 is 0 Å². The van der Waals surface area contributed by atoms with Crippen molar-refractivity contribution in [2.45, 2.75) is 107 Å². The van der Waals surface area contributed by atoms with Crippen molar-refractivity contribution in [3.63, 3.8) is 0 Å². The van der Waals surface area contributed by atoms with Crippen molar-refractivity contribution >= 4 is 18.6 Å². The second-order valence-electron chi connectivity index (χ2n) is 9.86. The first-order valence-electron chi connectivity index (χ1n) is 12.5. The molecule has 0 aromatic heterocycles. The molecular weight excluding hydrogens is 428 g/mol. The Morgan fingerprint density at radius 2 is 1.35 bits per heavy atom. The molecule has 31 heavy (non-hydrogen) atoms. The van der Waals surface area contributed by atoms with E-state index in [9.17, 15) is 0 Å². The summed E-state index contributed by atoms with van der Waals surface area (Å²) >= 11 is 0. The highest BCUT2D eigenvalue weighted by molar-refractivity contribution is 6.46. The molecule has 0 radical (unpaired) electrons. The molecule has 2 aliphatic carbocycles. The van der Waals surface area contributed by atoms with E-state index in [1.54, 1.807) is 28.4 Å². The molecular formula is C23H46O6Si2. The van der Waals surface area contributed by atoms with Crippen LogP contribution in [0.2, 0.25) is 11.6 Å². The Kier molecular flexibility index (Phi) is 11.0. The van der Waals surface area contributed by atoms with Crippen LogP contribution in [0.25, 0.3) is 0 Å². The lowest BCUT2D eigenvalue weighted by molar-refractivity contribution is 0.247. The van der Waals surface area contributed by atoms with E-state index in [2.05, 4.69) is 6.92 Å². The molecule has 2 saturated carbocycles. The van der Waals surface area contributed by atoms with Gasteiger partial charge < -0.3 is 27.2 Å². The van der Waals surface area contributed by atoms with Gasteiger partial charge in [-0.25, -0.2) is 0 Å². The molecule has 2 heterocycles.